The fraction of sp³-hybridized carbons (Fsp3) is 1.00. The second-order valence-corrected chi connectivity index (χ2v) is 6.94. The van der Waals surface area contributed by atoms with Crippen LogP contribution in [0.5, 0.6) is 0 Å². The first-order chi connectivity index (χ1) is 8.54. The van der Waals surface area contributed by atoms with Gasteiger partial charge in [0.1, 0.15) is 0 Å². The van der Waals surface area contributed by atoms with Gasteiger partial charge in [0, 0.05) is 25.7 Å². The monoisotopic (exact) mass is 254 g/mol. The summed E-state index contributed by atoms with van der Waals surface area (Å²) < 4.78 is 0. The topological polar surface area (TPSA) is 29.3 Å². The van der Waals surface area contributed by atoms with E-state index in [1.165, 1.54) is 45.2 Å². The molecule has 0 aromatic heterocycles. The molecule has 1 aliphatic rings. The molecular weight excluding hydrogens is 220 g/mol. The first-order valence-corrected chi connectivity index (χ1v) is 7.98. The Kier molecular flexibility index (Phi) is 7.25. The molecule has 1 atom stereocenters. The van der Waals surface area contributed by atoms with Gasteiger partial charge >= 0.3 is 0 Å². The van der Waals surface area contributed by atoms with Crippen LogP contribution in [0.25, 0.3) is 0 Å². The molecule has 1 saturated carbocycles. The predicted molar refractivity (Wildman–Crippen MR) is 80.7 cm³/mol. The molecule has 0 aromatic rings. The fourth-order valence-corrected chi connectivity index (χ4v) is 3.44. The minimum absolute atomic E-state index is 0.620. The van der Waals surface area contributed by atoms with Crippen molar-refractivity contribution < 1.29 is 0 Å². The molecule has 0 saturated heterocycles. The van der Waals surface area contributed by atoms with Crippen LogP contribution in [-0.2, 0) is 0 Å². The molecule has 0 spiro atoms. The molecule has 2 heteroatoms. The first-order valence-electron chi connectivity index (χ1n) is 7.98. The summed E-state index contributed by atoms with van der Waals surface area (Å²) in [5, 5.41) is 0. The Bertz CT molecular complexity index is 197. The normalized spacial score (nSPS) is 20.0. The van der Waals surface area contributed by atoms with Gasteiger partial charge in [0.05, 0.1) is 0 Å². The third-order valence-electron chi connectivity index (χ3n) is 4.10. The summed E-state index contributed by atoms with van der Waals surface area (Å²) in [5.41, 5.74) is 6.11. The lowest BCUT2D eigenvalue weighted by molar-refractivity contribution is 0.0973. The van der Waals surface area contributed by atoms with E-state index in [4.69, 9.17) is 5.73 Å². The molecule has 0 aliphatic heterocycles. The van der Waals surface area contributed by atoms with E-state index in [0.717, 1.165) is 24.3 Å². The van der Waals surface area contributed by atoms with E-state index in [1.54, 1.807) is 0 Å². The zero-order valence-corrected chi connectivity index (χ0v) is 13.0. The van der Waals surface area contributed by atoms with Crippen molar-refractivity contribution in [3.05, 3.63) is 0 Å². The number of hydrogen-bond acceptors (Lipinski definition) is 2. The predicted octanol–water partition coefficient (Wildman–Crippen LogP) is 3.51. The molecule has 1 fully saturated rings. The molecule has 0 bridgehead atoms. The van der Waals surface area contributed by atoms with Gasteiger partial charge in [-0.1, -0.05) is 47.0 Å². The molecule has 0 amide bonds. The van der Waals surface area contributed by atoms with Crippen molar-refractivity contribution in [3.8, 4) is 0 Å². The van der Waals surface area contributed by atoms with Crippen molar-refractivity contribution in [2.24, 2.45) is 23.5 Å². The molecule has 1 rings (SSSR count). The summed E-state index contributed by atoms with van der Waals surface area (Å²) >= 11 is 0. The Labute approximate surface area is 114 Å². The highest BCUT2D eigenvalue weighted by Crippen LogP contribution is 2.29. The Morgan fingerprint density at radius 2 is 1.44 bits per heavy atom. The van der Waals surface area contributed by atoms with Crippen LogP contribution in [0.15, 0.2) is 0 Å². The van der Waals surface area contributed by atoms with Crippen molar-refractivity contribution in [2.75, 3.05) is 19.6 Å². The number of nitrogens with two attached hydrogens (primary N) is 1. The van der Waals surface area contributed by atoms with E-state index in [0.29, 0.717) is 6.04 Å². The first kappa shape index (κ1) is 16.0. The molecule has 1 aliphatic carbocycles. The SMILES string of the molecule is CC(C)CN(CC(C)C)C(CN)C1CCCCC1. The Balaban J connectivity index is 2.64. The quantitative estimate of drug-likeness (QED) is 0.753. The van der Waals surface area contributed by atoms with Gasteiger partial charge in [-0.2, -0.15) is 0 Å². The van der Waals surface area contributed by atoms with Gasteiger partial charge in [0.2, 0.25) is 0 Å². The standard InChI is InChI=1S/C16H34N2/c1-13(2)11-18(12-14(3)4)16(10-17)15-8-6-5-7-9-15/h13-16H,5-12,17H2,1-4H3. The van der Waals surface area contributed by atoms with Crippen LogP contribution in [0.4, 0.5) is 0 Å². The zero-order valence-electron chi connectivity index (χ0n) is 13.0. The lowest BCUT2D eigenvalue weighted by Crippen LogP contribution is -2.49. The van der Waals surface area contributed by atoms with E-state index >= 15 is 0 Å². The number of rotatable bonds is 7. The summed E-state index contributed by atoms with van der Waals surface area (Å²) in [6.07, 6.45) is 7.06. The molecule has 0 aromatic carbocycles. The summed E-state index contributed by atoms with van der Waals surface area (Å²) in [5.74, 6) is 2.32. The Morgan fingerprint density at radius 3 is 1.83 bits per heavy atom. The summed E-state index contributed by atoms with van der Waals surface area (Å²) in [7, 11) is 0. The third-order valence-corrected chi connectivity index (χ3v) is 4.10. The maximum atomic E-state index is 6.11. The lowest BCUT2D eigenvalue weighted by atomic mass is 9.82. The van der Waals surface area contributed by atoms with Crippen LogP contribution >= 0.6 is 0 Å². The van der Waals surface area contributed by atoms with Crippen LogP contribution in [0.1, 0.15) is 59.8 Å². The minimum atomic E-state index is 0.620. The second-order valence-electron chi connectivity index (χ2n) is 6.94. The highest BCUT2D eigenvalue weighted by atomic mass is 15.2. The van der Waals surface area contributed by atoms with Gasteiger partial charge in [-0.15, -0.1) is 0 Å². The van der Waals surface area contributed by atoms with Crippen molar-refractivity contribution in [1.29, 1.82) is 0 Å². The Hall–Kier alpha value is -0.0800. The maximum Gasteiger partial charge on any atom is 0.0246 e. The number of nitrogens with zero attached hydrogens (tertiary/aromatic N) is 1. The van der Waals surface area contributed by atoms with Crippen molar-refractivity contribution >= 4 is 0 Å². The third kappa shape index (κ3) is 5.27. The lowest BCUT2D eigenvalue weighted by Gasteiger charge is -2.40. The summed E-state index contributed by atoms with van der Waals surface area (Å²) in [6, 6.07) is 0.620. The Morgan fingerprint density at radius 1 is 0.944 bits per heavy atom. The highest BCUT2D eigenvalue weighted by molar-refractivity contribution is 4.83. The van der Waals surface area contributed by atoms with E-state index in [1.807, 2.05) is 0 Å². The second kappa shape index (κ2) is 8.16. The van der Waals surface area contributed by atoms with E-state index < -0.39 is 0 Å². The molecular formula is C16H34N2. The molecule has 2 nitrogen and oxygen atoms in total. The smallest absolute Gasteiger partial charge is 0.0246 e. The minimum Gasteiger partial charge on any atom is -0.329 e. The van der Waals surface area contributed by atoms with E-state index in [-0.39, 0.29) is 0 Å². The molecule has 2 N–H and O–H groups in total. The highest BCUT2D eigenvalue weighted by Gasteiger charge is 2.28. The van der Waals surface area contributed by atoms with Crippen molar-refractivity contribution in [2.45, 2.75) is 65.8 Å². The van der Waals surface area contributed by atoms with E-state index in [2.05, 4.69) is 32.6 Å². The van der Waals surface area contributed by atoms with Gasteiger partial charge in [-0.3, -0.25) is 4.90 Å². The van der Waals surface area contributed by atoms with Gasteiger partial charge in [-0.05, 0) is 30.6 Å². The van der Waals surface area contributed by atoms with Crippen LogP contribution < -0.4 is 5.73 Å². The van der Waals surface area contributed by atoms with Crippen molar-refractivity contribution in [3.63, 3.8) is 0 Å². The molecule has 0 radical (unpaired) electrons. The van der Waals surface area contributed by atoms with Crippen LogP contribution in [0.3, 0.4) is 0 Å². The van der Waals surface area contributed by atoms with Gasteiger partial charge in [-0.25, -0.2) is 0 Å². The molecule has 1 unspecified atom stereocenters. The van der Waals surface area contributed by atoms with Crippen molar-refractivity contribution in [1.82, 2.24) is 4.90 Å². The van der Waals surface area contributed by atoms with Gasteiger partial charge in [0.25, 0.3) is 0 Å². The fourth-order valence-electron chi connectivity index (χ4n) is 3.44. The maximum absolute atomic E-state index is 6.11. The summed E-state index contributed by atoms with van der Waals surface area (Å²) in [6.45, 7) is 12.5. The molecule has 18 heavy (non-hydrogen) atoms. The average molecular weight is 254 g/mol. The molecule has 0 heterocycles. The van der Waals surface area contributed by atoms with E-state index in [9.17, 15) is 0 Å². The summed E-state index contributed by atoms with van der Waals surface area (Å²) in [4.78, 5) is 2.69. The zero-order chi connectivity index (χ0) is 13.5. The van der Waals surface area contributed by atoms with Gasteiger partial charge < -0.3 is 5.73 Å². The van der Waals surface area contributed by atoms with Crippen LogP contribution in [0.2, 0.25) is 0 Å². The van der Waals surface area contributed by atoms with Gasteiger partial charge in [0.15, 0.2) is 0 Å². The number of hydrogen-bond donors (Lipinski definition) is 1. The largest absolute Gasteiger partial charge is 0.329 e. The van der Waals surface area contributed by atoms with Crippen LogP contribution in [0, 0.1) is 17.8 Å². The molecule has 108 valence electrons. The average Bonchev–Trinajstić information content (AvgIpc) is 2.29. The van der Waals surface area contributed by atoms with Crippen LogP contribution in [-0.4, -0.2) is 30.6 Å².